The Morgan fingerprint density at radius 1 is 1.47 bits per heavy atom. The summed E-state index contributed by atoms with van der Waals surface area (Å²) in [6.45, 7) is 1.66. The Labute approximate surface area is 122 Å². The Kier molecular flexibility index (Phi) is 5.63. The molecule has 0 saturated carbocycles. The van der Waals surface area contributed by atoms with Crippen LogP contribution in [0.15, 0.2) is 29.0 Å². The number of allylic oxidation sites excluding steroid dienone is 2. The van der Waals surface area contributed by atoms with Crippen LogP contribution in [0.2, 0.25) is 0 Å². The van der Waals surface area contributed by atoms with E-state index < -0.39 is 0 Å². The van der Waals surface area contributed by atoms with E-state index in [0.717, 1.165) is 49.7 Å². The number of nitrogens with zero attached hydrogens (tertiary/aromatic N) is 2. The maximum atomic E-state index is 11.9. The van der Waals surface area contributed by atoms with Crippen LogP contribution in [-0.4, -0.2) is 22.2 Å². The number of carbonyl (C=O) groups is 1. The lowest BCUT2D eigenvalue weighted by Crippen LogP contribution is -2.32. The number of amides is 1. The van der Waals surface area contributed by atoms with Gasteiger partial charge < -0.3 is 5.32 Å². The van der Waals surface area contributed by atoms with E-state index in [-0.39, 0.29) is 11.8 Å². The average Bonchev–Trinajstić information content (AvgIpc) is 2.85. The third-order valence-corrected chi connectivity index (χ3v) is 3.76. The minimum atomic E-state index is 0.187. The smallest absolute Gasteiger partial charge is 0.223 e. The van der Waals surface area contributed by atoms with Gasteiger partial charge in [-0.1, -0.05) is 12.2 Å². The van der Waals surface area contributed by atoms with Crippen LogP contribution in [0, 0.1) is 5.92 Å². The highest BCUT2D eigenvalue weighted by Crippen LogP contribution is 2.17. The molecule has 5 heteroatoms. The van der Waals surface area contributed by atoms with Gasteiger partial charge in [0.25, 0.3) is 0 Å². The lowest BCUT2D eigenvalue weighted by molar-refractivity contribution is -0.125. The quantitative estimate of drug-likeness (QED) is 0.645. The van der Waals surface area contributed by atoms with E-state index in [9.17, 15) is 4.79 Å². The predicted octanol–water partition coefficient (Wildman–Crippen LogP) is 2.90. The monoisotopic (exact) mass is 325 g/mol. The molecule has 0 bridgehead atoms. The largest absolute Gasteiger partial charge is 0.356 e. The number of nitrogens with one attached hydrogen (secondary N) is 1. The molecule has 1 N–H and O–H groups in total. The van der Waals surface area contributed by atoms with Crippen LogP contribution in [0.5, 0.6) is 0 Å². The Hall–Kier alpha value is -1.10. The fourth-order valence-electron chi connectivity index (χ4n) is 2.25. The number of aryl methyl sites for hydroxylation is 1. The summed E-state index contributed by atoms with van der Waals surface area (Å²) < 4.78 is 2.92. The number of rotatable bonds is 6. The van der Waals surface area contributed by atoms with E-state index >= 15 is 0 Å². The molecule has 19 heavy (non-hydrogen) atoms. The van der Waals surface area contributed by atoms with Crippen molar-refractivity contribution in [3.8, 4) is 0 Å². The van der Waals surface area contributed by atoms with Gasteiger partial charge in [0, 0.05) is 25.2 Å². The second kappa shape index (κ2) is 7.48. The van der Waals surface area contributed by atoms with E-state index in [1.165, 1.54) is 0 Å². The highest BCUT2D eigenvalue weighted by Gasteiger charge is 2.17. The molecule has 0 spiro atoms. The highest BCUT2D eigenvalue weighted by atomic mass is 79.9. The van der Waals surface area contributed by atoms with Crippen molar-refractivity contribution in [3.05, 3.63) is 29.0 Å². The number of hydrogen-bond donors (Lipinski definition) is 1. The number of hydrogen-bond acceptors (Lipinski definition) is 2. The molecule has 104 valence electrons. The highest BCUT2D eigenvalue weighted by molar-refractivity contribution is 9.10. The molecule has 1 atom stereocenters. The molecule has 1 aliphatic rings. The van der Waals surface area contributed by atoms with Crippen molar-refractivity contribution in [1.82, 2.24) is 15.1 Å². The lowest BCUT2D eigenvalue weighted by Gasteiger charge is -2.17. The summed E-state index contributed by atoms with van der Waals surface area (Å²) >= 11 is 3.37. The second-order valence-electron chi connectivity index (χ2n) is 4.90. The van der Waals surface area contributed by atoms with Crippen LogP contribution in [0.1, 0.15) is 32.1 Å². The summed E-state index contributed by atoms with van der Waals surface area (Å²) in [5, 5.41) is 7.23. The van der Waals surface area contributed by atoms with Crippen molar-refractivity contribution < 1.29 is 4.79 Å². The van der Waals surface area contributed by atoms with Crippen LogP contribution in [0.4, 0.5) is 0 Å². The number of carbonyl (C=O) groups excluding carboxylic acids is 1. The van der Waals surface area contributed by atoms with E-state index in [4.69, 9.17) is 0 Å². The number of unbranched alkanes of at least 4 members (excludes halogenated alkanes) is 1. The molecule has 0 radical (unpaired) electrons. The van der Waals surface area contributed by atoms with Gasteiger partial charge in [-0.25, -0.2) is 0 Å². The van der Waals surface area contributed by atoms with Gasteiger partial charge in [0.1, 0.15) is 0 Å². The summed E-state index contributed by atoms with van der Waals surface area (Å²) in [7, 11) is 0. The van der Waals surface area contributed by atoms with E-state index in [2.05, 4.69) is 38.5 Å². The predicted molar refractivity (Wildman–Crippen MR) is 78.7 cm³/mol. The minimum Gasteiger partial charge on any atom is -0.356 e. The number of halogens is 1. The second-order valence-corrected chi connectivity index (χ2v) is 5.82. The van der Waals surface area contributed by atoms with Crippen LogP contribution in [-0.2, 0) is 11.3 Å². The van der Waals surface area contributed by atoms with Gasteiger partial charge in [-0.3, -0.25) is 9.48 Å². The molecular weight excluding hydrogens is 306 g/mol. The van der Waals surface area contributed by atoms with Gasteiger partial charge in [0.05, 0.1) is 10.7 Å². The fraction of sp³-hybridized carbons (Fsp3) is 0.571. The van der Waals surface area contributed by atoms with E-state index in [1.807, 2.05) is 10.9 Å². The minimum absolute atomic E-state index is 0.187. The maximum Gasteiger partial charge on any atom is 0.223 e. The molecule has 0 aliphatic heterocycles. The molecule has 4 nitrogen and oxygen atoms in total. The average molecular weight is 326 g/mol. The molecule has 1 aliphatic carbocycles. The molecule has 0 fully saturated rings. The van der Waals surface area contributed by atoms with Crippen LogP contribution >= 0.6 is 15.9 Å². The van der Waals surface area contributed by atoms with Crippen molar-refractivity contribution in [2.24, 2.45) is 5.92 Å². The van der Waals surface area contributed by atoms with Crippen molar-refractivity contribution in [1.29, 1.82) is 0 Å². The van der Waals surface area contributed by atoms with Gasteiger partial charge in [0.2, 0.25) is 5.91 Å². The normalized spacial score (nSPS) is 18.5. The molecule has 1 aromatic rings. The SMILES string of the molecule is O=C(NCCCCn1cc(Br)cn1)[C@H]1CC=CCC1. The standard InChI is InChI=1S/C14H20BrN3O/c15-13-10-17-18(11-13)9-5-4-8-16-14(19)12-6-2-1-3-7-12/h1-2,10-12H,3-9H2,(H,16,19)/t12-/m0/s1. The molecule has 2 rings (SSSR count). The summed E-state index contributed by atoms with van der Waals surface area (Å²) in [6.07, 6.45) is 13.0. The summed E-state index contributed by atoms with van der Waals surface area (Å²) in [5.74, 6) is 0.401. The number of aromatic nitrogens is 2. The fourth-order valence-corrected chi connectivity index (χ4v) is 2.58. The first-order valence-corrected chi connectivity index (χ1v) is 7.65. The molecule has 0 unspecified atom stereocenters. The summed E-state index contributed by atoms with van der Waals surface area (Å²) in [5.41, 5.74) is 0. The van der Waals surface area contributed by atoms with Gasteiger partial charge in [-0.05, 0) is 48.0 Å². The molecule has 1 amide bonds. The summed E-state index contributed by atoms with van der Waals surface area (Å²) in [4.78, 5) is 11.9. The first-order chi connectivity index (χ1) is 9.25. The Morgan fingerprint density at radius 3 is 3.05 bits per heavy atom. The zero-order chi connectivity index (χ0) is 13.5. The lowest BCUT2D eigenvalue weighted by atomic mass is 9.94. The first kappa shape index (κ1) is 14.3. The Morgan fingerprint density at radius 2 is 2.37 bits per heavy atom. The summed E-state index contributed by atoms with van der Waals surface area (Å²) in [6, 6.07) is 0. The van der Waals surface area contributed by atoms with Crippen LogP contribution < -0.4 is 5.32 Å². The van der Waals surface area contributed by atoms with Crippen molar-refractivity contribution in [2.45, 2.75) is 38.6 Å². The first-order valence-electron chi connectivity index (χ1n) is 6.86. The third kappa shape index (κ3) is 4.82. The van der Waals surface area contributed by atoms with E-state index in [0.29, 0.717) is 0 Å². The van der Waals surface area contributed by atoms with Crippen molar-refractivity contribution in [3.63, 3.8) is 0 Å². The topological polar surface area (TPSA) is 46.9 Å². The third-order valence-electron chi connectivity index (χ3n) is 3.35. The molecule has 0 saturated heterocycles. The molecular formula is C14H20BrN3O. The molecule has 1 aromatic heterocycles. The van der Waals surface area contributed by atoms with Gasteiger partial charge >= 0.3 is 0 Å². The Bertz CT molecular complexity index is 442. The van der Waals surface area contributed by atoms with Gasteiger partial charge in [-0.15, -0.1) is 0 Å². The van der Waals surface area contributed by atoms with Gasteiger partial charge in [0.15, 0.2) is 0 Å². The zero-order valence-electron chi connectivity index (χ0n) is 11.0. The maximum absolute atomic E-state index is 11.9. The Balaban J connectivity index is 1.56. The van der Waals surface area contributed by atoms with Gasteiger partial charge in [-0.2, -0.15) is 5.10 Å². The molecule has 0 aromatic carbocycles. The molecule has 1 heterocycles. The van der Waals surface area contributed by atoms with E-state index in [1.54, 1.807) is 6.20 Å². The van der Waals surface area contributed by atoms with Crippen molar-refractivity contribution in [2.75, 3.05) is 6.54 Å². The van der Waals surface area contributed by atoms with Crippen molar-refractivity contribution >= 4 is 21.8 Å². The van der Waals surface area contributed by atoms with Crippen LogP contribution in [0.3, 0.4) is 0 Å². The van der Waals surface area contributed by atoms with Crippen LogP contribution in [0.25, 0.3) is 0 Å². The zero-order valence-corrected chi connectivity index (χ0v) is 12.6.